The topological polar surface area (TPSA) is 57.9 Å². The zero-order valence-corrected chi connectivity index (χ0v) is 12.4. The second-order valence-electron chi connectivity index (χ2n) is 5.80. The molecule has 1 aromatic carbocycles. The van der Waals surface area contributed by atoms with E-state index in [-0.39, 0.29) is 10.5 Å². The standard InChI is InChI=1S/C16H16FNO2S/c17-14-5-4-12(13(9-14)10-18)6-11-7-15-2-1-3-16(8-11)21(15,19)20/h4-5,7,9,15-16H,1-3,6,8H2. The van der Waals surface area contributed by atoms with Crippen molar-refractivity contribution in [2.45, 2.75) is 42.6 Å². The normalized spacial score (nSPS) is 26.8. The number of fused-ring (bicyclic) bond motifs is 2. The minimum atomic E-state index is -3.01. The van der Waals surface area contributed by atoms with E-state index in [2.05, 4.69) is 0 Å². The Morgan fingerprint density at radius 2 is 2.14 bits per heavy atom. The summed E-state index contributed by atoms with van der Waals surface area (Å²) in [5.41, 5.74) is 2.15. The average molecular weight is 305 g/mol. The highest BCUT2D eigenvalue weighted by atomic mass is 32.2. The van der Waals surface area contributed by atoms with Crippen LogP contribution in [0.5, 0.6) is 0 Å². The van der Waals surface area contributed by atoms with E-state index >= 15 is 0 Å². The number of sulfone groups is 1. The molecule has 1 saturated heterocycles. The molecule has 21 heavy (non-hydrogen) atoms. The number of benzene rings is 1. The molecular formula is C16H16FNO2S. The Balaban J connectivity index is 1.90. The highest BCUT2D eigenvalue weighted by Gasteiger charge is 2.40. The fraction of sp³-hybridized carbons (Fsp3) is 0.438. The van der Waals surface area contributed by atoms with E-state index in [0.29, 0.717) is 24.8 Å². The predicted molar refractivity (Wildman–Crippen MR) is 77.9 cm³/mol. The summed E-state index contributed by atoms with van der Waals surface area (Å²) in [6.07, 6.45) is 5.31. The number of nitriles is 1. The van der Waals surface area contributed by atoms with Gasteiger partial charge in [-0.2, -0.15) is 5.26 Å². The third-order valence-corrected chi connectivity index (χ3v) is 6.97. The van der Waals surface area contributed by atoms with E-state index in [4.69, 9.17) is 5.26 Å². The van der Waals surface area contributed by atoms with Crippen LogP contribution in [0, 0.1) is 17.1 Å². The first-order valence-electron chi connectivity index (χ1n) is 7.11. The van der Waals surface area contributed by atoms with Crippen molar-refractivity contribution in [1.29, 1.82) is 5.26 Å². The van der Waals surface area contributed by atoms with Gasteiger partial charge in [-0.1, -0.05) is 24.1 Å². The van der Waals surface area contributed by atoms with Crippen molar-refractivity contribution in [3.05, 3.63) is 46.8 Å². The number of allylic oxidation sites excluding steroid dienone is 1. The van der Waals surface area contributed by atoms with Crippen LogP contribution in [0.3, 0.4) is 0 Å². The monoisotopic (exact) mass is 305 g/mol. The summed E-state index contributed by atoms with van der Waals surface area (Å²) in [6.45, 7) is 0. The van der Waals surface area contributed by atoms with Crippen molar-refractivity contribution in [1.82, 2.24) is 0 Å². The molecule has 0 spiro atoms. The van der Waals surface area contributed by atoms with Crippen molar-refractivity contribution in [3.8, 4) is 6.07 Å². The highest BCUT2D eigenvalue weighted by molar-refractivity contribution is 7.92. The lowest BCUT2D eigenvalue weighted by atomic mass is 9.92. The van der Waals surface area contributed by atoms with Gasteiger partial charge < -0.3 is 0 Å². The second-order valence-corrected chi connectivity index (χ2v) is 8.25. The van der Waals surface area contributed by atoms with E-state index in [1.165, 1.54) is 12.1 Å². The number of nitrogens with zero attached hydrogens (tertiary/aromatic N) is 1. The minimum absolute atomic E-state index is 0.276. The summed E-state index contributed by atoms with van der Waals surface area (Å²) < 4.78 is 37.6. The predicted octanol–water partition coefficient (Wildman–Crippen LogP) is 2.91. The molecule has 5 heteroatoms. The van der Waals surface area contributed by atoms with Crippen LogP contribution < -0.4 is 0 Å². The Bertz CT molecular complexity index is 746. The largest absolute Gasteiger partial charge is 0.228 e. The molecular weight excluding hydrogens is 289 g/mol. The molecule has 2 aliphatic heterocycles. The molecule has 2 atom stereocenters. The van der Waals surface area contributed by atoms with Crippen LogP contribution in [0.25, 0.3) is 0 Å². The van der Waals surface area contributed by atoms with Crippen LogP contribution in [-0.2, 0) is 16.3 Å². The third kappa shape index (κ3) is 2.60. The van der Waals surface area contributed by atoms with Crippen molar-refractivity contribution < 1.29 is 12.8 Å². The number of rotatable bonds is 2. The summed E-state index contributed by atoms with van der Waals surface area (Å²) in [5, 5.41) is 8.44. The Labute approximate surface area is 124 Å². The van der Waals surface area contributed by atoms with Crippen molar-refractivity contribution in [2.75, 3.05) is 0 Å². The summed E-state index contributed by atoms with van der Waals surface area (Å²) in [6, 6.07) is 6.20. The maximum atomic E-state index is 13.2. The van der Waals surface area contributed by atoms with Gasteiger partial charge in [-0.15, -0.1) is 0 Å². The lowest BCUT2D eigenvalue weighted by Gasteiger charge is -2.33. The lowest BCUT2D eigenvalue weighted by molar-refractivity contribution is 0.507. The third-order valence-electron chi connectivity index (χ3n) is 4.42. The van der Waals surface area contributed by atoms with Gasteiger partial charge in [-0.3, -0.25) is 0 Å². The van der Waals surface area contributed by atoms with Crippen LogP contribution in [0.1, 0.15) is 36.8 Å². The van der Waals surface area contributed by atoms with Crippen LogP contribution >= 0.6 is 0 Å². The molecule has 3 nitrogen and oxygen atoms in total. The molecule has 0 radical (unpaired) electrons. The maximum absolute atomic E-state index is 13.2. The van der Waals surface area contributed by atoms with Crippen LogP contribution in [0.15, 0.2) is 29.8 Å². The van der Waals surface area contributed by atoms with Crippen LogP contribution in [-0.4, -0.2) is 18.9 Å². The molecule has 0 saturated carbocycles. The van der Waals surface area contributed by atoms with Crippen molar-refractivity contribution in [2.24, 2.45) is 0 Å². The molecule has 110 valence electrons. The molecule has 2 aliphatic rings. The fourth-order valence-corrected chi connectivity index (χ4v) is 5.64. The van der Waals surface area contributed by atoms with E-state index in [0.717, 1.165) is 24.0 Å². The van der Waals surface area contributed by atoms with Gasteiger partial charge in [0.1, 0.15) is 5.82 Å². The smallest absolute Gasteiger partial charge is 0.159 e. The fourth-order valence-electron chi connectivity index (χ4n) is 3.32. The van der Waals surface area contributed by atoms with E-state index in [9.17, 15) is 12.8 Å². The van der Waals surface area contributed by atoms with Gasteiger partial charge in [-0.05, 0) is 43.4 Å². The van der Waals surface area contributed by atoms with Gasteiger partial charge in [0.05, 0.1) is 22.1 Å². The van der Waals surface area contributed by atoms with Gasteiger partial charge in [-0.25, -0.2) is 12.8 Å². The van der Waals surface area contributed by atoms with E-state index < -0.39 is 15.7 Å². The summed E-state index contributed by atoms with van der Waals surface area (Å²) >= 11 is 0. The maximum Gasteiger partial charge on any atom is 0.159 e. The molecule has 2 heterocycles. The minimum Gasteiger partial charge on any atom is -0.228 e. The van der Waals surface area contributed by atoms with Crippen molar-refractivity contribution in [3.63, 3.8) is 0 Å². The second kappa shape index (κ2) is 5.27. The summed E-state index contributed by atoms with van der Waals surface area (Å²) in [4.78, 5) is 0. The molecule has 0 aliphatic carbocycles. The van der Waals surface area contributed by atoms with Crippen LogP contribution in [0.4, 0.5) is 4.39 Å². The molecule has 0 amide bonds. The average Bonchev–Trinajstić information content (AvgIpc) is 2.41. The van der Waals surface area contributed by atoms with Gasteiger partial charge in [0, 0.05) is 0 Å². The van der Waals surface area contributed by atoms with Crippen molar-refractivity contribution >= 4 is 9.84 Å². The first-order valence-corrected chi connectivity index (χ1v) is 8.72. The molecule has 2 bridgehead atoms. The quantitative estimate of drug-likeness (QED) is 0.789. The Hall–Kier alpha value is -1.67. The van der Waals surface area contributed by atoms with E-state index in [1.54, 1.807) is 6.07 Å². The first-order chi connectivity index (χ1) is 10.0. The van der Waals surface area contributed by atoms with Crippen LogP contribution in [0.2, 0.25) is 0 Å². The first kappa shape index (κ1) is 14.3. The summed E-state index contributed by atoms with van der Waals surface area (Å²) in [5.74, 6) is -0.424. The Morgan fingerprint density at radius 1 is 1.33 bits per heavy atom. The van der Waals surface area contributed by atoms with Gasteiger partial charge in [0.25, 0.3) is 0 Å². The Kier molecular flexibility index (Phi) is 3.58. The van der Waals surface area contributed by atoms with Gasteiger partial charge in [0.15, 0.2) is 9.84 Å². The Morgan fingerprint density at radius 3 is 2.86 bits per heavy atom. The SMILES string of the molecule is N#Cc1cc(F)ccc1CC1=CC2CCCC(C1)S2(=O)=O. The molecule has 0 N–H and O–H groups in total. The highest BCUT2D eigenvalue weighted by Crippen LogP contribution is 2.36. The molecule has 1 aromatic rings. The number of hydrogen-bond acceptors (Lipinski definition) is 3. The lowest BCUT2D eigenvalue weighted by Crippen LogP contribution is -2.39. The zero-order chi connectivity index (χ0) is 15.0. The van der Waals surface area contributed by atoms with Gasteiger partial charge >= 0.3 is 0 Å². The summed E-state index contributed by atoms with van der Waals surface area (Å²) in [7, 11) is -3.01. The molecule has 1 fully saturated rings. The zero-order valence-electron chi connectivity index (χ0n) is 11.5. The molecule has 2 unspecified atom stereocenters. The molecule has 0 aromatic heterocycles. The molecule has 3 rings (SSSR count). The number of halogens is 1. The number of hydrogen-bond donors (Lipinski definition) is 0. The van der Waals surface area contributed by atoms with E-state index in [1.807, 2.05) is 12.1 Å². The van der Waals surface area contributed by atoms with Gasteiger partial charge in [0.2, 0.25) is 0 Å².